The number of benzene rings is 2. The Kier molecular flexibility index (Phi) is 3.51. The van der Waals surface area contributed by atoms with Gasteiger partial charge in [-0.3, -0.25) is 11.3 Å². The van der Waals surface area contributed by atoms with Gasteiger partial charge in [-0.15, -0.1) is 0 Å². The molecule has 0 radical (unpaired) electrons. The van der Waals surface area contributed by atoms with E-state index in [2.05, 4.69) is 54.8 Å². The van der Waals surface area contributed by atoms with Crippen LogP contribution in [0.3, 0.4) is 0 Å². The summed E-state index contributed by atoms with van der Waals surface area (Å²) in [6.45, 7) is 3.06. The fraction of sp³-hybridized carbons (Fsp3) is 0.375. The molecule has 0 amide bonds. The summed E-state index contributed by atoms with van der Waals surface area (Å²) in [5.41, 5.74) is 4.12. The Morgan fingerprint density at radius 3 is 2.68 bits per heavy atom. The number of ether oxygens (including phenoxy) is 1. The maximum absolute atomic E-state index is 5.84. The zero-order valence-electron chi connectivity index (χ0n) is 11.2. The highest BCUT2D eigenvalue weighted by Gasteiger charge is 2.32. The van der Waals surface area contributed by atoms with Crippen molar-refractivity contribution in [2.75, 3.05) is 6.61 Å². The second-order valence-electron chi connectivity index (χ2n) is 5.35. The van der Waals surface area contributed by atoms with Crippen molar-refractivity contribution in [3.8, 4) is 0 Å². The average Bonchev–Trinajstić information content (AvgIpc) is 2.86. The summed E-state index contributed by atoms with van der Waals surface area (Å²) in [4.78, 5) is 0. The molecule has 0 spiro atoms. The van der Waals surface area contributed by atoms with Crippen molar-refractivity contribution in [2.24, 2.45) is 11.8 Å². The maximum Gasteiger partial charge on any atom is 0.0808 e. The third-order valence-electron chi connectivity index (χ3n) is 4.09. The predicted octanol–water partition coefficient (Wildman–Crippen LogP) is 2.77. The largest absolute Gasteiger partial charge is 0.376 e. The van der Waals surface area contributed by atoms with Gasteiger partial charge < -0.3 is 4.74 Å². The maximum atomic E-state index is 5.84. The summed E-state index contributed by atoms with van der Waals surface area (Å²) < 4.78 is 5.84. The van der Waals surface area contributed by atoms with Crippen LogP contribution in [0, 0.1) is 5.92 Å². The van der Waals surface area contributed by atoms with Crippen molar-refractivity contribution in [1.82, 2.24) is 5.43 Å². The lowest BCUT2D eigenvalue weighted by Crippen LogP contribution is -2.38. The van der Waals surface area contributed by atoms with E-state index in [1.54, 1.807) is 0 Å². The van der Waals surface area contributed by atoms with E-state index in [4.69, 9.17) is 10.6 Å². The molecule has 3 atom stereocenters. The number of nitrogens with two attached hydrogens (primary N) is 1. The van der Waals surface area contributed by atoms with Gasteiger partial charge in [0.1, 0.15) is 0 Å². The Balaban J connectivity index is 1.96. The smallest absolute Gasteiger partial charge is 0.0808 e. The summed E-state index contributed by atoms with van der Waals surface area (Å²) in [5.74, 6) is 6.30. The van der Waals surface area contributed by atoms with E-state index in [0.29, 0.717) is 5.92 Å². The molecule has 2 aromatic rings. The second-order valence-corrected chi connectivity index (χ2v) is 5.35. The summed E-state index contributed by atoms with van der Waals surface area (Å²) in [6.07, 6.45) is 1.27. The monoisotopic (exact) mass is 256 g/mol. The zero-order chi connectivity index (χ0) is 13.2. The summed E-state index contributed by atoms with van der Waals surface area (Å²) in [6, 6.07) is 14.9. The summed E-state index contributed by atoms with van der Waals surface area (Å²) >= 11 is 0. The van der Waals surface area contributed by atoms with Crippen LogP contribution in [0.4, 0.5) is 0 Å². The standard InChI is InChI=1S/C16H20N2O/c1-11-8-9-19-16(11)15(18-17)14-7-6-12-4-2-3-5-13(12)10-14/h2-7,10-11,15-16,18H,8-9,17H2,1H3. The topological polar surface area (TPSA) is 47.3 Å². The number of rotatable bonds is 3. The van der Waals surface area contributed by atoms with Gasteiger partial charge in [-0.05, 0) is 34.7 Å². The Bertz CT molecular complexity index is 569. The normalized spacial score (nSPS) is 24.7. The number of hydrogen-bond donors (Lipinski definition) is 2. The Hall–Kier alpha value is -1.42. The molecule has 3 rings (SSSR count). The van der Waals surface area contributed by atoms with Gasteiger partial charge in [-0.1, -0.05) is 43.3 Å². The Morgan fingerprint density at radius 2 is 2.00 bits per heavy atom. The molecule has 1 aliphatic heterocycles. The van der Waals surface area contributed by atoms with Crippen molar-refractivity contribution in [3.05, 3.63) is 48.0 Å². The molecule has 2 aromatic carbocycles. The fourth-order valence-electron chi connectivity index (χ4n) is 2.93. The molecule has 0 aliphatic carbocycles. The molecular weight excluding hydrogens is 236 g/mol. The van der Waals surface area contributed by atoms with E-state index in [1.807, 2.05) is 0 Å². The van der Waals surface area contributed by atoms with Crippen molar-refractivity contribution >= 4 is 10.8 Å². The van der Waals surface area contributed by atoms with E-state index >= 15 is 0 Å². The van der Waals surface area contributed by atoms with Gasteiger partial charge in [0, 0.05) is 6.61 Å². The summed E-state index contributed by atoms with van der Waals surface area (Å²) in [5, 5.41) is 2.49. The zero-order valence-corrected chi connectivity index (χ0v) is 11.2. The van der Waals surface area contributed by atoms with E-state index in [-0.39, 0.29) is 12.1 Å². The molecule has 1 saturated heterocycles. The second kappa shape index (κ2) is 5.29. The van der Waals surface area contributed by atoms with Crippen molar-refractivity contribution in [2.45, 2.75) is 25.5 Å². The third-order valence-corrected chi connectivity index (χ3v) is 4.09. The van der Waals surface area contributed by atoms with E-state index in [1.165, 1.54) is 16.3 Å². The first-order valence-corrected chi connectivity index (χ1v) is 6.86. The lowest BCUT2D eigenvalue weighted by Gasteiger charge is -2.26. The molecule has 19 heavy (non-hydrogen) atoms. The molecule has 3 unspecified atom stereocenters. The molecule has 1 fully saturated rings. The number of hydrogen-bond acceptors (Lipinski definition) is 3. The number of fused-ring (bicyclic) bond motifs is 1. The van der Waals surface area contributed by atoms with E-state index in [9.17, 15) is 0 Å². The van der Waals surface area contributed by atoms with Gasteiger partial charge in [-0.2, -0.15) is 0 Å². The average molecular weight is 256 g/mol. The van der Waals surface area contributed by atoms with E-state index < -0.39 is 0 Å². The molecule has 100 valence electrons. The highest BCUT2D eigenvalue weighted by molar-refractivity contribution is 5.83. The van der Waals surface area contributed by atoms with Gasteiger partial charge in [0.25, 0.3) is 0 Å². The molecule has 1 aliphatic rings. The van der Waals surface area contributed by atoms with Gasteiger partial charge >= 0.3 is 0 Å². The van der Waals surface area contributed by atoms with Gasteiger partial charge in [0.05, 0.1) is 12.1 Å². The van der Waals surface area contributed by atoms with Crippen LogP contribution in [0.25, 0.3) is 10.8 Å². The van der Waals surface area contributed by atoms with Crippen LogP contribution < -0.4 is 11.3 Å². The molecular formula is C16H20N2O. The third kappa shape index (κ3) is 2.37. The highest BCUT2D eigenvalue weighted by atomic mass is 16.5. The summed E-state index contributed by atoms with van der Waals surface area (Å²) in [7, 11) is 0. The van der Waals surface area contributed by atoms with Crippen LogP contribution in [0.2, 0.25) is 0 Å². The number of hydrazine groups is 1. The van der Waals surface area contributed by atoms with Crippen LogP contribution in [-0.4, -0.2) is 12.7 Å². The van der Waals surface area contributed by atoms with Crippen LogP contribution in [0.5, 0.6) is 0 Å². The molecule has 1 heterocycles. The molecule has 3 heteroatoms. The molecule has 3 nitrogen and oxygen atoms in total. The van der Waals surface area contributed by atoms with Crippen LogP contribution >= 0.6 is 0 Å². The highest BCUT2D eigenvalue weighted by Crippen LogP contribution is 2.32. The number of nitrogens with one attached hydrogen (secondary N) is 1. The minimum absolute atomic E-state index is 0.0575. The van der Waals surface area contributed by atoms with Gasteiger partial charge in [0.2, 0.25) is 0 Å². The van der Waals surface area contributed by atoms with Gasteiger partial charge in [-0.25, -0.2) is 0 Å². The van der Waals surface area contributed by atoms with Gasteiger partial charge in [0.15, 0.2) is 0 Å². The Labute approximate surface area is 113 Å². The lowest BCUT2D eigenvalue weighted by atomic mass is 9.92. The quantitative estimate of drug-likeness (QED) is 0.655. The lowest BCUT2D eigenvalue weighted by molar-refractivity contribution is 0.0608. The van der Waals surface area contributed by atoms with Crippen LogP contribution in [0.15, 0.2) is 42.5 Å². The SMILES string of the molecule is CC1CCOC1C(NN)c1ccc2ccccc2c1. The fourth-order valence-corrected chi connectivity index (χ4v) is 2.93. The molecule has 0 bridgehead atoms. The van der Waals surface area contributed by atoms with Crippen molar-refractivity contribution in [1.29, 1.82) is 0 Å². The Morgan fingerprint density at radius 1 is 1.21 bits per heavy atom. The molecule has 0 saturated carbocycles. The van der Waals surface area contributed by atoms with Crippen molar-refractivity contribution in [3.63, 3.8) is 0 Å². The minimum Gasteiger partial charge on any atom is -0.376 e. The molecule has 0 aromatic heterocycles. The first kappa shape index (κ1) is 12.6. The minimum atomic E-state index is 0.0575. The first-order chi connectivity index (χ1) is 9.29. The van der Waals surface area contributed by atoms with Crippen LogP contribution in [-0.2, 0) is 4.74 Å². The predicted molar refractivity (Wildman–Crippen MR) is 77.5 cm³/mol. The van der Waals surface area contributed by atoms with E-state index in [0.717, 1.165) is 13.0 Å². The van der Waals surface area contributed by atoms with Crippen LogP contribution in [0.1, 0.15) is 24.9 Å². The van der Waals surface area contributed by atoms with Crippen molar-refractivity contribution < 1.29 is 4.74 Å². The first-order valence-electron chi connectivity index (χ1n) is 6.86. The molecule has 3 N–H and O–H groups in total.